The van der Waals surface area contributed by atoms with Gasteiger partial charge in [-0.15, -0.1) is 0 Å². The standard InChI is InChI=1S/C16H23ClN2/c17-15-6-3-7-16(19-9-1-2-10-19)14(15)11-13-5-4-8-18-12-13/h3,6-7,13,18H,1-2,4-5,8-12H2. The van der Waals surface area contributed by atoms with Gasteiger partial charge in [-0.1, -0.05) is 17.7 Å². The zero-order chi connectivity index (χ0) is 13.1. The van der Waals surface area contributed by atoms with Crippen LogP contribution in [-0.4, -0.2) is 26.2 Å². The maximum atomic E-state index is 6.48. The fourth-order valence-electron chi connectivity index (χ4n) is 3.39. The van der Waals surface area contributed by atoms with E-state index in [1.54, 1.807) is 0 Å². The first-order valence-corrected chi connectivity index (χ1v) is 7.95. The Morgan fingerprint density at radius 3 is 2.79 bits per heavy atom. The van der Waals surface area contributed by atoms with Crippen molar-refractivity contribution in [2.45, 2.75) is 32.1 Å². The number of anilines is 1. The van der Waals surface area contributed by atoms with Crippen LogP contribution in [0.4, 0.5) is 5.69 Å². The van der Waals surface area contributed by atoms with Crippen LogP contribution < -0.4 is 10.2 Å². The SMILES string of the molecule is Clc1cccc(N2CCCC2)c1CC1CCCNC1. The van der Waals surface area contributed by atoms with E-state index in [1.807, 2.05) is 6.07 Å². The predicted octanol–water partition coefficient (Wildman–Crippen LogP) is 3.48. The zero-order valence-corrected chi connectivity index (χ0v) is 12.3. The van der Waals surface area contributed by atoms with E-state index in [2.05, 4.69) is 22.3 Å². The minimum atomic E-state index is 0.745. The molecule has 0 amide bonds. The van der Waals surface area contributed by atoms with E-state index in [1.165, 1.54) is 56.6 Å². The first-order valence-electron chi connectivity index (χ1n) is 7.57. The molecule has 19 heavy (non-hydrogen) atoms. The second kappa shape index (κ2) is 6.15. The smallest absolute Gasteiger partial charge is 0.0458 e. The summed E-state index contributed by atoms with van der Waals surface area (Å²) < 4.78 is 0. The number of hydrogen-bond donors (Lipinski definition) is 1. The molecular formula is C16H23ClN2. The van der Waals surface area contributed by atoms with Crippen LogP contribution in [0.25, 0.3) is 0 Å². The second-order valence-electron chi connectivity index (χ2n) is 5.85. The molecule has 3 heteroatoms. The summed E-state index contributed by atoms with van der Waals surface area (Å²) in [7, 11) is 0. The maximum Gasteiger partial charge on any atom is 0.0458 e. The minimum Gasteiger partial charge on any atom is -0.371 e. The van der Waals surface area contributed by atoms with Crippen LogP contribution in [0.2, 0.25) is 5.02 Å². The van der Waals surface area contributed by atoms with Crippen molar-refractivity contribution < 1.29 is 0 Å². The van der Waals surface area contributed by atoms with Crippen molar-refractivity contribution in [3.63, 3.8) is 0 Å². The average molecular weight is 279 g/mol. The van der Waals surface area contributed by atoms with Gasteiger partial charge in [0.25, 0.3) is 0 Å². The van der Waals surface area contributed by atoms with Gasteiger partial charge >= 0.3 is 0 Å². The van der Waals surface area contributed by atoms with E-state index in [9.17, 15) is 0 Å². The lowest BCUT2D eigenvalue weighted by molar-refractivity contribution is 0.376. The van der Waals surface area contributed by atoms with Gasteiger partial charge < -0.3 is 10.2 Å². The van der Waals surface area contributed by atoms with Crippen molar-refractivity contribution in [3.8, 4) is 0 Å². The summed E-state index contributed by atoms with van der Waals surface area (Å²) >= 11 is 6.48. The van der Waals surface area contributed by atoms with Gasteiger partial charge in [0.1, 0.15) is 0 Å². The lowest BCUT2D eigenvalue weighted by Gasteiger charge is -2.27. The van der Waals surface area contributed by atoms with E-state index >= 15 is 0 Å². The third-order valence-electron chi connectivity index (χ3n) is 4.43. The first-order chi connectivity index (χ1) is 9.34. The molecule has 2 nitrogen and oxygen atoms in total. The Kier molecular flexibility index (Phi) is 4.29. The van der Waals surface area contributed by atoms with Gasteiger partial charge in [-0.05, 0) is 68.8 Å². The van der Waals surface area contributed by atoms with Crippen LogP contribution in [0, 0.1) is 5.92 Å². The van der Waals surface area contributed by atoms with Gasteiger partial charge in [0.05, 0.1) is 0 Å². The van der Waals surface area contributed by atoms with Crippen molar-refractivity contribution in [2.75, 3.05) is 31.1 Å². The molecule has 1 aromatic carbocycles. The molecule has 0 spiro atoms. The number of nitrogens with one attached hydrogen (secondary N) is 1. The minimum absolute atomic E-state index is 0.745. The van der Waals surface area contributed by atoms with Crippen molar-refractivity contribution in [1.82, 2.24) is 5.32 Å². The monoisotopic (exact) mass is 278 g/mol. The van der Waals surface area contributed by atoms with Crippen molar-refractivity contribution in [1.29, 1.82) is 0 Å². The maximum absolute atomic E-state index is 6.48. The number of halogens is 1. The molecule has 2 saturated heterocycles. The van der Waals surface area contributed by atoms with Crippen LogP contribution in [0.3, 0.4) is 0 Å². The molecule has 2 aliphatic rings. The summed E-state index contributed by atoms with van der Waals surface area (Å²) in [6.45, 7) is 4.70. The molecule has 1 atom stereocenters. The van der Waals surface area contributed by atoms with Gasteiger partial charge in [-0.25, -0.2) is 0 Å². The third-order valence-corrected chi connectivity index (χ3v) is 4.79. The molecule has 1 unspecified atom stereocenters. The van der Waals surface area contributed by atoms with E-state index in [4.69, 9.17) is 11.6 Å². The van der Waals surface area contributed by atoms with Crippen LogP contribution in [0.15, 0.2) is 18.2 Å². The topological polar surface area (TPSA) is 15.3 Å². The Labute approximate surface area is 121 Å². The highest BCUT2D eigenvalue weighted by molar-refractivity contribution is 6.31. The molecule has 0 saturated carbocycles. The molecule has 104 valence electrons. The average Bonchev–Trinajstić information content (AvgIpc) is 2.96. The predicted molar refractivity (Wildman–Crippen MR) is 82.2 cm³/mol. The van der Waals surface area contributed by atoms with Gasteiger partial charge in [0, 0.05) is 23.8 Å². The Morgan fingerprint density at radius 2 is 2.05 bits per heavy atom. The Bertz CT molecular complexity index is 421. The molecule has 1 aromatic rings. The molecule has 0 bridgehead atoms. The highest BCUT2D eigenvalue weighted by Gasteiger charge is 2.21. The Morgan fingerprint density at radius 1 is 1.21 bits per heavy atom. The molecule has 2 fully saturated rings. The second-order valence-corrected chi connectivity index (χ2v) is 6.26. The highest BCUT2D eigenvalue weighted by Crippen LogP contribution is 2.33. The summed E-state index contributed by atoms with van der Waals surface area (Å²) in [4.78, 5) is 2.51. The summed E-state index contributed by atoms with van der Waals surface area (Å²) in [5.74, 6) is 0.745. The lowest BCUT2D eigenvalue weighted by Crippen LogP contribution is -2.31. The normalized spacial score (nSPS) is 23.8. The molecule has 0 aliphatic carbocycles. The van der Waals surface area contributed by atoms with Crippen molar-refractivity contribution >= 4 is 17.3 Å². The molecule has 0 aromatic heterocycles. The van der Waals surface area contributed by atoms with E-state index in [-0.39, 0.29) is 0 Å². The zero-order valence-electron chi connectivity index (χ0n) is 11.5. The van der Waals surface area contributed by atoms with Gasteiger partial charge in [-0.2, -0.15) is 0 Å². The quantitative estimate of drug-likeness (QED) is 0.911. The molecular weight excluding hydrogens is 256 g/mol. The number of rotatable bonds is 3. The Balaban J connectivity index is 1.81. The summed E-state index contributed by atoms with van der Waals surface area (Å²) in [5.41, 5.74) is 2.76. The van der Waals surface area contributed by atoms with Crippen LogP contribution in [0.1, 0.15) is 31.2 Å². The molecule has 3 rings (SSSR count). The summed E-state index contributed by atoms with van der Waals surface area (Å²) in [5, 5.41) is 4.46. The van der Waals surface area contributed by atoms with Gasteiger partial charge in [0.2, 0.25) is 0 Å². The van der Waals surface area contributed by atoms with E-state index < -0.39 is 0 Å². The molecule has 1 N–H and O–H groups in total. The number of benzene rings is 1. The lowest BCUT2D eigenvalue weighted by atomic mass is 9.91. The molecule has 2 heterocycles. The number of hydrogen-bond acceptors (Lipinski definition) is 2. The molecule has 2 aliphatic heterocycles. The third kappa shape index (κ3) is 3.06. The van der Waals surface area contributed by atoms with Crippen molar-refractivity contribution in [2.24, 2.45) is 5.92 Å². The van der Waals surface area contributed by atoms with E-state index in [0.29, 0.717) is 0 Å². The number of nitrogens with zero attached hydrogens (tertiary/aromatic N) is 1. The fraction of sp³-hybridized carbons (Fsp3) is 0.625. The van der Waals surface area contributed by atoms with Crippen LogP contribution >= 0.6 is 11.6 Å². The van der Waals surface area contributed by atoms with Crippen LogP contribution in [-0.2, 0) is 6.42 Å². The first kappa shape index (κ1) is 13.3. The summed E-state index contributed by atoms with van der Waals surface area (Å²) in [6.07, 6.45) is 6.39. The summed E-state index contributed by atoms with van der Waals surface area (Å²) in [6, 6.07) is 6.40. The highest BCUT2D eigenvalue weighted by atomic mass is 35.5. The largest absolute Gasteiger partial charge is 0.371 e. The molecule has 0 radical (unpaired) electrons. The number of piperidine rings is 1. The van der Waals surface area contributed by atoms with E-state index in [0.717, 1.165) is 23.9 Å². The van der Waals surface area contributed by atoms with Crippen LogP contribution in [0.5, 0.6) is 0 Å². The fourth-order valence-corrected chi connectivity index (χ4v) is 3.64. The van der Waals surface area contributed by atoms with Crippen molar-refractivity contribution in [3.05, 3.63) is 28.8 Å². The van der Waals surface area contributed by atoms with Gasteiger partial charge in [0.15, 0.2) is 0 Å². The Hall–Kier alpha value is -0.730. The van der Waals surface area contributed by atoms with Gasteiger partial charge in [-0.3, -0.25) is 0 Å².